The number of anilines is 1. The van der Waals surface area contributed by atoms with Crippen LogP contribution in [0.25, 0.3) is 0 Å². The molecule has 0 unspecified atom stereocenters. The van der Waals surface area contributed by atoms with Gasteiger partial charge in [-0.2, -0.15) is 4.31 Å². The quantitative estimate of drug-likeness (QED) is 0.442. The molecule has 0 atom stereocenters. The van der Waals surface area contributed by atoms with Crippen molar-refractivity contribution in [2.45, 2.75) is 31.6 Å². The lowest BCUT2D eigenvalue weighted by Gasteiger charge is -2.21. The van der Waals surface area contributed by atoms with E-state index in [1.54, 1.807) is 12.1 Å². The fraction of sp³-hybridized carbons (Fsp3) is 0.391. The molecule has 0 aromatic heterocycles. The maximum Gasteiger partial charge on any atom is 0.257 e. The second-order valence-corrected chi connectivity index (χ2v) is 9.60. The lowest BCUT2D eigenvalue weighted by molar-refractivity contribution is 0.0977. The number of ether oxygens (including phenoxy) is 3. The molecule has 9 nitrogen and oxygen atoms in total. The van der Waals surface area contributed by atoms with Crippen LogP contribution < -0.4 is 24.8 Å². The smallest absolute Gasteiger partial charge is 0.257 e. The maximum absolute atomic E-state index is 12.9. The van der Waals surface area contributed by atoms with Crippen LogP contribution in [0.4, 0.5) is 5.69 Å². The monoisotopic (exact) mass is 509 g/mol. The summed E-state index contributed by atoms with van der Waals surface area (Å²) >= 11 is 5.24. The van der Waals surface area contributed by atoms with E-state index < -0.39 is 15.9 Å². The second kappa shape index (κ2) is 12.5. The van der Waals surface area contributed by atoms with Crippen molar-refractivity contribution < 1.29 is 27.4 Å². The van der Waals surface area contributed by atoms with E-state index >= 15 is 0 Å². The van der Waals surface area contributed by atoms with Gasteiger partial charge in [0.15, 0.2) is 16.6 Å². The third-order valence-electron chi connectivity index (χ3n) is 4.85. The molecule has 2 aromatic carbocycles. The van der Waals surface area contributed by atoms with Gasteiger partial charge < -0.3 is 19.5 Å². The van der Waals surface area contributed by atoms with Crippen molar-refractivity contribution in [3.63, 3.8) is 0 Å². The molecule has 2 N–H and O–H groups in total. The van der Waals surface area contributed by atoms with Crippen molar-refractivity contribution in [3.05, 3.63) is 42.0 Å². The van der Waals surface area contributed by atoms with Crippen molar-refractivity contribution >= 4 is 38.9 Å². The average Bonchev–Trinajstić information content (AvgIpc) is 2.83. The van der Waals surface area contributed by atoms with Crippen LogP contribution in [0, 0.1) is 0 Å². The van der Waals surface area contributed by atoms with Crippen LogP contribution >= 0.6 is 12.2 Å². The number of hydrogen-bond acceptors (Lipinski definition) is 7. The number of thiocarbonyl (C=S) groups is 1. The maximum atomic E-state index is 12.9. The van der Waals surface area contributed by atoms with E-state index in [1.807, 2.05) is 13.8 Å². The highest BCUT2D eigenvalue weighted by Crippen LogP contribution is 2.38. The number of methoxy groups -OCH3 is 3. The third-order valence-corrected chi connectivity index (χ3v) is 6.97. The van der Waals surface area contributed by atoms with Crippen molar-refractivity contribution in [2.24, 2.45) is 0 Å². The Bertz CT molecular complexity index is 1070. The third kappa shape index (κ3) is 6.58. The van der Waals surface area contributed by atoms with Crippen LogP contribution in [0.5, 0.6) is 17.2 Å². The molecule has 186 valence electrons. The van der Waals surface area contributed by atoms with Crippen LogP contribution in [0.1, 0.15) is 37.0 Å². The molecule has 0 saturated carbocycles. The zero-order valence-corrected chi connectivity index (χ0v) is 21.6. The molecule has 34 heavy (non-hydrogen) atoms. The van der Waals surface area contributed by atoms with Gasteiger partial charge in [0.05, 0.1) is 26.2 Å². The van der Waals surface area contributed by atoms with Crippen LogP contribution in [0.15, 0.2) is 41.3 Å². The van der Waals surface area contributed by atoms with Gasteiger partial charge in [-0.1, -0.05) is 13.8 Å². The molecule has 0 heterocycles. The fourth-order valence-electron chi connectivity index (χ4n) is 3.26. The van der Waals surface area contributed by atoms with Gasteiger partial charge in [0.25, 0.3) is 5.91 Å². The van der Waals surface area contributed by atoms with Gasteiger partial charge in [-0.15, -0.1) is 0 Å². The molecule has 2 aromatic rings. The van der Waals surface area contributed by atoms with Gasteiger partial charge in [-0.05, 0) is 61.5 Å². The van der Waals surface area contributed by atoms with Crippen molar-refractivity contribution in [3.8, 4) is 17.2 Å². The molecule has 11 heteroatoms. The molecule has 0 radical (unpaired) electrons. The first-order valence-corrected chi connectivity index (χ1v) is 12.6. The van der Waals surface area contributed by atoms with E-state index in [9.17, 15) is 13.2 Å². The summed E-state index contributed by atoms with van der Waals surface area (Å²) in [6, 6.07) is 9.25. The highest BCUT2D eigenvalue weighted by atomic mass is 32.2. The standard InChI is InChI=1S/C23H31N3O6S2/c1-6-12-26(13-7-2)34(28,29)18-10-8-17(9-11-18)24-23(33)25-22(27)16-14-19(30-3)21(32-5)20(15-16)31-4/h8-11,14-15H,6-7,12-13H2,1-5H3,(H2,24,25,27,33). The molecule has 0 spiro atoms. The van der Waals surface area contributed by atoms with E-state index in [2.05, 4.69) is 10.6 Å². The van der Waals surface area contributed by atoms with E-state index in [0.29, 0.717) is 36.0 Å². The number of hydrogen-bond donors (Lipinski definition) is 2. The lowest BCUT2D eigenvalue weighted by atomic mass is 10.1. The Balaban J connectivity index is 2.12. The fourth-order valence-corrected chi connectivity index (χ4v) is 5.09. The Morgan fingerprint density at radius 2 is 1.47 bits per heavy atom. The summed E-state index contributed by atoms with van der Waals surface area (Å²) in [6.45, 7) is 4.82. The SMILES string of the molecule is CCCN(CCC)S(=O)(=O)c1ccc(NC(=S)NC(=O)c2cc(OC)c(OC)c(OC)c2)cc1. The van der Waals surface area contributed by atoms with Crippen molar-refractivity contribution in [1.29, 1.82) is 0 Å². The number of sulfonamides is 1. The summed E-state index contributed by atoms with van der Waals surface area (Å²) in [5.41, 5.74) is 0.790. The Morgan fingerprint density at radius 3 is 1.91 bits per heavy atom. The Labute approximate surface area is 206 Å². The van der Waals surface area contributed by atoms with Gasteiger partial charge in [-0.25, -0.2) is 8.42 Å². The van der Waals surface area contributed by atoms with Crippen LogP contribution in [0.3, 0.4) is 0 Å². The summed E-state index contributed by atoms with van der Waals surface area (Å²) < 4.78 is 43.1. The number of carbonyl (C=O) groups excluding carboxylic acids is 1. The molecular weight excluding hydrogens is 478 g/mol. The summed E-state index contributed by atoms with van der Waals surface area (Å²) in [4.78, 5) is 12.9. The first kappa shape index (κ1) is 27.4. The minimum atomic E-state index is -3.58. The zero-order valence-electron chi connectivity index (χ0n) is 20.0. The molecule has 0 fully saturated rings. The first-order valence-electron chi connectivity index (χ1n) is 10.7. The summed E-state index contributed by atoms with van der Waals surface area (Å²) in [6.07, 6.45) is 1.47. The number of amides is 1. The summed E-state index contributed by atoms with van der Waals surface area (Å²) in [5.74, 6) is 0.560. The molecule has 1 amide bonds. The molecule has 0 aliphatic carbocycles. The topological polar surface area (TPSA) is 106 Å². The van der Waals surface area contributed by atoms with E-state index in [0.717, 1.165) is 12.8 Å². The molecule has 0 aliphatic heterocycles. The van der Waals surface area contributed by atoms with Gasteiger partial charge in [0.2, 0.25) is 15.8 Å². The second-order valence-electron chi connectivity index (χ2n) is 7.25. The van der Waals surface area contributed by atoms with E-state index in [1.165, 1.54) is 49.9 Å². The van der Waals surface area contributed by atoms with Crippen LogP contribution in [0.2, 0.25) is 0 Å². The Hall–Kier alpha value is -2.89. The first-order chi connectivity index (χ1) is 16.2. The van der Waals surface area contributed by atoms with Crippen LogP contribution in [-0.4, -0.2) is 58.2 Å². The number of nitrogens with one attached hydrogen (secondary N) is 2. The number of nitrogens with zero attached hydrogens (tertiary/aromatic N) is 1. The average molecular weight is 510 g/mol. The predicted octanol–water partition coefficient (Wildman–Crippen LogP) is 3.65. The number of benzene rings is 2. The Morgan fingerprint density at radius 1 is 0.941 bits per heavy atom. The van der Waals surface area contributed by atoms with Gasteiger partial charge in [0.1, 0.15) is 0 Å². The highest BCUT2D eigenvalue weighted by molar-refractivity contribution is 7.89. The van der Waals surface area contributed by atoms with Crippen LogP contribution in [-0.2, 0) is 10.0 Å². The molecule has 0 saturated heterocycles. The van der Waals surface area contributed by atoms with Crippen molar-refractivity contribution in [1.82, 2.24) is 9.62 Å². The molecular formula is C23H31N3O6S2. The minimum absolute atomic E-state index is 0.0490. The number of rotatable bonds is 11. The van der Waals surface area contributed by atoms with E-state index in [-0.39, 0.29) is 15.6 Å². The molecule has 0 bridgehead atoms. The minimum Gasteiger partial charge on any atom is -0.493 e. The highest BCUT2D eigenvalue weighted by Gasteiger charge is 2.23. The molecule has 2 rings (SSSR count). The van der Waals surface area contributed by atoms with Crippen molar-refractivity contribution in [2.75, 3.05) is 39.7 Å². The normalized spacial score (nSPS) is 11.1. The zero-order chi connectivity index (χ0) is 25.3. The predicted molar refractivity (Wildman–Crippen MR) is 136 cm³/mol. The summed E-state index contributed by atoms with van der Waals surface area (Å²) in [7, 11) is 0.812. The number of carbonyl (C=O) groups is 1. The Kier molecular flexibility index (Phi) is 10.1. The summed E-state index contributed by atoms with van der Waals surface area (Å²) in [5, 5.41) is 5.52. The van der Waals surface area contributed by atoms with Gasteiger partial charge in [0, 0.05) is 24.3 Å². The largest absolute Gasteiger partial charge is 0.493 e. The van der Waals surface area contributed by atoms with Gasteiger partial charge >= 0.3 is 0 Å². The van der Waals surface area contributed by atoms with E-state index in [4.69, 9.17) is 26.4 Å². The van der Waals surface area contributed by atoms with Gasteiger partial charge in [-0.3, -0.25) is 10.1 Å². The lowest BCUT2D eigenvalue weighted by Crippen LogP contribution is -2.34. The molecule has 0 aliphatic rings.